The lowest BCUT2D eigenvalue weighted by atomic mass is 10.1. The molecule has 0 heterocycles. The van der Waals surface area contributed by atoms with Crippen molar-refractivity contribution in [2.45, 2.75) is 13.8 Å². The Morgan fingerprint density at radius 1 is 1.30 bits per heavy atom. The number of benzene rings is 1. The van der Waals surface area contributed by atoms with Gasteiger partial charge in [0, 0.05) is 12.7 Å². The first-order valence-corrected chi connectivity index (χ1v) is 6.65. The van der Waals surface area contributed by atoms with Crippen LogP contribution >= 0.6 is 0 Å². The molecule has 2 N–H and O–H groups in total. The van der Waals surface area contributed by atoms with Crippen LogP contribution in [0.4, 0.5) is 5.69 Å². The van der Waals surface area contributed by atoms with Crippen molar-refractivity contribution in [2.24, 2.45) is 0 Å². The van der Waals surface area contributed by atoms with Crippen LogP contribution in [0.25, 0.3) is 0 Å². The minimum Gasteiger partial charge on any atom is -0.471 e. The van der Waals surface area contributed by atoms with Gasteiger partial charge in [0.05, 0.1) is 12.7 Å². The topological polar surface area (TPSA) is 105 Å². The Labute approximate surface area is 136 Å². The largest absolute Gasteiger partial charge is 0.471 e. The Kier molecular flexibility index (Phi) is 9.50. The SMILES string of the molecule is C=C(C)C(=O)OCCOC(=O)c1cc(N)ccc1C.COC=O.[HH]. The van der Waals surface area contributed by atoms with Gasteiger partial charge in [-0.1, -0.05) is 12.6 Å². The molecule has 0 bridgehead atoms. The molecule has 0 saturated heterocycles. The van der Waals surface area contributed by atoms with Gasteiger partial charge in [-0.05, 0) is 31.5 Å². The van der Waals surface area contributed by atoms with Crippen LogP contribution in [0.3, 0.4) is 0 Å². The molecule has 0 spiro atoms. The summed E-state index contributed by atoms with van der Waals surface area (Å²) >= 11 is 0. The number of carbonyl (C=O) groups is 3. The predicted octanol–water partition coefficient (Wildman–Crippen LogP) is 1.89. The standard InChI is InChI=1S/C14H17NO4.C2H4O2.H2/c1-9(2)13(16)18-6-7-19-14(17)12-8-11(15)5-4-10(12)3;1-4-2-3;/h4-5,8H,1,6-7,15H2,2-3H3;2H,1H3;1H. The Balaban J connectivity index is 0. The van der Waals surface area contributed by atoms with Gasteiger partial charge in [-0.3, -0.25) is 4.79 Å². The van der Waals surface area contributed by atoms with Crippen molar-refractivity contribution in [3.63, 3.8) is 0 Å². The maximum absolute atomic E-state index is 11.8. The van der Waals surface area contributed by atoms with Crippen LogP contribution < -0.4 is 5.73 Å². The highest BCUT2D eigenvalue weighted by molar-refractivity contribution is 5.92. The molecular formula is C16H23NO6. The molecule has 128 valence electrons. The van der Waals surface area contributed by atoms with Crippen LogP contribution in [-0.4, -0.2) is 38.7 Å². The highest BCUT2D eigenvalue weighted by atomic mass is 16.6. The molecule has 0 radical (unpaired) electrons. The first-order chi connectivity index (χ1) is 10.8. The van der Waals surface area contributed by atoms with Crippen LogP contribution in [0, 0.1) is 6.92 Å². The third-order valence-electron chi connectivity index (χ3n) is 2.48. The lowest BCUT2D eigenvalue weighted by Gasteiger charge is -2.08. The molecule has 0 saturated carbocycles. The minimum atomic E-state index is -0.504. The summed E-state index contributed by atoms with van der Waals surface area (Å²) in [5, 5.41) is 0. The fourth-order valence-corrected chi connectivity index (χ4v) is 1.33. The molecule has 0 amide bonds. The summed E-state index contributed by atoms with van der Waals surface area (Å²) in [5.74, 6) is -0.993. The van der Waals surface area contributed by atoms with Gasteiger partial charge in [0.1, 0.15) is 13.2 Å². The smallest absolute Gasteiger partial charge is 0.338 e. The second-order valence-corrected chi connectivity index (χ2v) is 4.46. The highest BCUT2D eigenvalue weighted by Crippen LogP contribution is 2.13. The first kappa shape index (κ1) is 20.2. The van der Waals surface area contributed by atoms with E-state index < -0.39 is 11.9 Å². The second-order valence-electron chi connectivity index (χ2n) is 4.46. The van der Waals surface area contributed by atoms with Crippen molar-refractivity contribution >= 4 is 24.1 Å². The molecule has 0 aliphatic carbocycles. The molecule has 0 aliphatic heterocycles. The maximum atomic E-state index is 11.8. The van der Waals surface area contributed by atoms with Gasteiger partial charge < -0.3 is 19.9 Å². The van der Waals surface area contributed by atoms with Crippen molar-refractivity contribution in [3.8, 4) is 0 Å². The summed E-state index contributed by atoms with van der Waals surface area (Å²) in [6, 6.07) is 5.01. The predicted molar refractivity (Wildman–Crippen MR) is 86.8 cm³/mol. The van der Waals surface area contributed by atoms with Crippen molar-refractivity contribution in [2.75, 3.05) is 26.1 Å². The quantitative estimate of drug-likeness (QED) is 0.213. The fraction of sp³-hybridized carbons (Fsp3) is 0.312. The van der Waals surface area contributed by atoms with E-state index in [1.54, 1.807) is 32.0 Å². The van der Waals surface area contributed by atoms with Crippen LogP contribution in [0.15, 0.2) is 30.4 Å². The molecule has 1 aromatic carbocycles. The van der Waals surface area contributed by atoms with Crippen molar-refractivity contribution in [1.29, 1.82) is 0 Å². The third kappa shape index (κ3) is 8.25. The zero-order valence-electron chi connectivity index (χ0n) is 13.5. The average molecular weight is 325 g/mol. The first-order valence-electron chi connectivity index (χ1n) is 6.65. The number of methoxy groups -OCH3 is 1. The summed E-state index contributed by atoms with van der Waals surface area (Å²) in [6.45, 7) is 7.14. The van der Waals surface area contributed by atoms with Crippen LogP contribution in [0.5, 0.6) is 0 Å². The molecule has 0 aromatic heterocycles. The van der Waals surface area contributed by atoms with Gasteiger partial charge in [-0.2, -0.15) is 0 Å². The molecular weight excluding hydrogens is 302 g/mol. The maximum Gasteiger partial charge on any atom is 0.338 e. The molecule has 0 atom stereocenters. The molecule has 0 unspecified atom stereocenters. The monoisotopic (exact) mass is 325 g/mol. The Morgan fingerprint density at radius 3 is 2.39 bits per heavy atom. The lowest BCUT2D eigenvalue weighted by Crippen LogP contribution is -2.15. The average Bonchev–Trinajstić information content (AvgIpc) is 2.53. The number of hydrogen-bond donors (Lipinski definition) is 1. The molecule has 1 aromatic rings. The minimum absolute atomic E-state index is 0. The Hall–Kier alpha value is -2.83. The van der Waals surface area contributed by atoms with Crippen LogP contribution in [0.1, 0.15) is 24.3 Å². The van der Waals surface area contributed by atoms with E-state index in [0.717, 1.165) is 5.56 Å². The van der Waals surface area contributed by atoms with E-state index in [4.69, 9.17) is 20.0 Å². The van der Waals surface area contributed by atoms with E-state index in [9.17, 15) is 9.59 Å². The van der Waals surface area contributed by atoms with Crippen molar-refractivity contribution in [1.82, 2.24) is 0 Å². The number of hydrogen-bond acceptors (Lipinski definition) is 7. The molecule has 7 heteroatoms. The van der Waals surface area contributed by atoms with E-state index in [-0.39, 0.29) is 14.6 Å². The summed E-state index contributed by atoms with van der Waals surface area (Å²) < 4.78 is 13.7. The van der Waals surface area contributed by atoms with Gasteiger partial charge >= 0.3 is 11.9 Å². The van der Waals surface area contributed by atoms with E-state index in [1.165, 1.54) is 7.11 Å². The number of carbonyl (C=O) groups excluding carboxylic acids is 3. The number of esters is 2. The third-order valence-corrected chi connectivity index (χ3v) is 2.48. The lowest BCUT2D eigenvalue weighted by molar-refractivity contribution is -0.140. The number of nitrogen functional groups attached to an aromatic ring is 1. The molecule has 1 rings (SSSR count). The summed E-state index contributed by atoms with van der Waals surface area (Å²) in [7, 11) is 1.31. The van der Waals surface area contributed by atoms with E-state index in [2.05, 4.69) is 11.3 Å². The fourth-order valence-electron chi connectivity index (χ4n) is 1.33. The number of aryl methyl sites for hydroxylation is 1. The van der Waals surface area contributed by atoms with E-state index in [1.807, 2.05) is 0 Å². The Bertz CT molecular complexity index is 574. The number of ether oxygens (including phenoxy) is 3. The molecule has 23 heavy (non-hydrogen) atoms. The Morgan fingerprint density at radius 2 is 1.87 bits per heavy atom. The van der Waals surface area contributed by atoms with E-state index >= 15 is 0 Å². The normalized spacial score (nSPS) is 9.00. The highest BCUT2D eigenvalue weighted by Gasteiger charge is 2.11. The van der Waals surface area contributed by atoms with Gasteiger partial charge in [0.15, 0.2) is 0 Å². The van der Waals surface area contributed by atoms with Crippen LogP contribution in [-0.2, 0) is 23.8 Å². The van der Waals surface area contributed by atoms with Crippen molar-refractivity contribution in [3.05, 3.63) is 41.5 Å². The molecule has 0 fully saturated rings. The zero-order chi connectivity index (χ0) is 17.8. The summed E-state index contributed by atoms with van der Waals surface area (Å²) in [6.07, 6.45) is 0. The van der Waals surface area contributed by atoms with E-state index in [0.29, 0.717) is 23.3 Å². The van der Waals surface area contributed by atoms with Gasteiger partial charge in [-0.15, -0.1) is 0 Å². The summed E-state index contributed by atoms with van der Waals surface area (Å²) in [5.41, 5.74) is 7.59. The van der Waals surface area contributed by atoms with Crippen molar-refractivity contribution < 1.29 is 30.0 Å². The molecule has 7 nitrogen and oxygen atoms in total. The number of rotatable bonds is 6. The second kappa shape index (κ2) is 10.8. The van der Waals surface area contributed by atoms with Gasteiger partial charge in [0.2, 0.25) is 0 Å². The number of nitrogens with two attached hydrogens (primary N) is 1. The zero-order valence-corrected chi connectivity index (χ0v) is 13.5. The van der Waals surface area contributed by atoms with Gasteiger partial charge in [-0.25, -0.2) is 9.59 Å². The number of anilines is 1. The molecule has 0 aliphatic rings. The van der Waals surface area contributed by atoms with Gasteiger partial charge in [0.25, 0.3) is 6.47 Å². The summed E-state index contributed by atoms with van der Waals surface area (Å²) in [4.78, 5) is 31.8. The van der Waals surface area contributed by atoms with Crippen LogP contribution in [0.2, 0.25) is 0 Å².